The normalized spacial score (nSPS) is 47.4. The van der Waals surface area contributed by atoms with Crippen LogP contribution in [0.25, 0.3) is 0 Å². The van der Waals surface area contributed by atoms with E-state index in [9.17, 15) is 4.61 Å². The van der Waals surface area contributed by atoms with Crippen LogP contribution in [-0.4, -0.2) is 29.0 Å². The molecule has 3 heteroatoms. The standard InChI is InChI=1S/C5H11NOS/c1-8(6)3-2-5(7)4-8/h5,7H,2-4H2,1H3. The number of aliphatic hydroxyl groups is 1. The lowest BCUT2D eigenvalue weighted by atomic mass is 10.3. The van der Waals surface area contributed by atoms with Crippen LogP contribution in [0.3, 0.4) is 0 Å². The molecule has 2 unspecified atom stereocenters. The second-order valence-electron chi connectivity index (χ2n) is 2.54. The Balaban J connectivity index is 2.61. The molecular formula is C5H11NOS. The summed E-state index contributed by atoms with van der Waals surface area (Å²) in [6.45, 7) is 0. The van der Waals surface area contributed by atoms with Crippen LogP contribution in [0.15, 0.2) is 0 Å². The van der Waals surface area contributed by atoms with Crippen LogP contribution >= 0.6 is 9.66 Å². The molecule has 0 aromatic rings. The zero-order chi connectivity index (χ0) is 6.20. The smallest absolute Gasteiger partial charge is 0.0650 e. The van der Waals surface area contributed by atoms with Gasteiger partial charge in [-0.3, -0.25) is 0 Å². The van der Waals surface area contributed by atoms with Gasteiger partial charge in [0.2, 0.25) is 0 Å². The highest BCUT2D eigenvalue weighted by molar-refractivity contribution is 8.21. The summed E-state index contributed by atoms with van der Waals surface area (Å²) in [7, 11) is -1.35. The quantitative estimate of drug-likeness (QED) is 0.527. The van der Waals surface area contributed by atoms with Gasteiger partial charge < -0.3 is 5.11 Å². The summed E-state index contributed by atoms with van der Waals surface area (Å²) in [5.41, 5.74) is 0. The molecule has 48 valence electrons. The molecular weight excluding hydrogens is 122 g/mol. The van der Waals surface area contributed by atoms with Gasteiger partial charge >= 0.3 is 0 Å². The van der Waals surface area contributed by atoms with Gasteiger partial charge in [-0.25, -0.2) is 4.61 Å². The van der Waals surface area contributed by atoms with Crippen molar-refractivity contribution in [1.82, 2.24) is 0 Å². The van der Waals surface area contributed by atoms with Crippen LogP contribution in [0.2, 0.25) is 0 Å². The van der Waals surface area contributed by atoms with Crippen molar-refractivity contribution < 1.29 is 5.11 Å². The van der Waals surface area contributed by atoms with Gasteiger partial charge in [-0.1, -0.05) is 9.66 Å². The molecule has 1 aliphatic heterocycles. The summed E-state index contributed by atoms with van der Waals surface area (Å²) < 4.78 is 9.29. The molecule has 1 saturated heterocycles. The molecule has 1 fully saturated rings. The average molecular weight is 133 g/mol. The number of rotatable bonds is 0. The van der Waals surface area contributed by atoms with Gasteiger partial charge in [0.05, 0.1) is 6.10 Å². The third-order valence-corrected chi connectivity index (χ3v) is 3.66. The Bertz CT molecular complexity index is 178. The molecule has 1 N–H and O–H groups in total. The van der Waals surface area contributed by atoms with Gasteiger partial charge in [0.25, 0.3) is 0 Å². The summed E-state index contributed by atoms with van der Waals surface area (Å²) >= 11 is 0. The number of nitrogens with zero attached hydrogens (tertiary/aromatic N) is 1. The van der Waals surface area contributed by atoms with E-state index in [0.717, 1.165) is 12.2 Å². The average Bonchev–Trinajstić information content (AvgIpc) is 1.82. The molecule has 1 aliphatic rings. The highest BCUT2D eigenvalue weighted by atomic mass is 32.2. The van der Waals surface area contributed by atoms with Crippen molar-refractivity contribution in [2.75, 3.05) is 17.8 Å². The van der Waals surface area contributed by atoms with E-state index < -0.39 is 9.66 Å². The largest absolute Gasteiger partial charge is 0.392 e. The van der Waals surface area contributed by atoms with Gasteiger partial charge in [0.1, 0.15) is 0 Å². The minimum Gasteiger partial charge on any atom is -0.392 e. The predicted molar refractivity (Wildman–Crippen MR) is 35.6 cm³/mol. The van der Waals surface area contributed by atoms with E-state index in [1.165, 1.54) is 0 Å². The monoisotopic (exact) mass is 133 g/mol. The summed E-state index contributed by atoms with van der Waals surface area (Å²) in [5, 5.41) is 8.93. The molecule has 0 aliphatic carbocycles. The van der Waals surface area contributed by atoms with E-state index in [1.807, 2.05) is 6.26 Å². The van der Waals surface area contributed by atoms with E-state index in [4.69, 9.17) is 5.11 Å². The van der Waals surface area contributed by atoms with Crippen LogP contribution in [0, 0.1) is 4.61 Å². The second kappa shape index (κ2) is 1.76. The zero-order valence-corrected chi connectivity index (χ0v) is 5.82. The summed E-state index contributed by atoms with van der Waals surface area (Å²) in [4.78, 5) is 0. The summed E-state index contributed by atoms with van der Waals surface area (Å²) in [6, 6.07) is 0. The first kappa shape index (κ1) is 6.14. The maximum atomic E-state index is 9.29. The molecule has 1 heterocycles. The minimum atomic E-state index is -1.35. The Morgan fingerprint density at radius 3 is 2.50 bits per heavy atom. The predicted octanol–water partition coefficient (Wildman–Crippen LogP) is 0.665. The number of aliphatic hydroxyl groups excluding tert-OH is 1. The molecule has 0 amide bonds. The van der Waals surface area contributed by atoms with Crippen molar-refractivity contribution in [2.24, 2.45) is 0 Å². The van der Waals surface area contributed by atoms with Crippen molar-refractivity contribution in [1.29, 1.82) is 4.61 Å². The first-order chi connectivity index (χ1) is 3.60. The Morgan fingerprint density at radius 1 is 1.75 bits per heavy atom. The third kappa shape index (κ3) is 1.25. The van der Waals surface area contributed by atoms with Crippen LogP contribution in [0.5, 0.6) is 0 Å². The Labute approximate surface area is 50.4 Å². The van der Waals surface area contributed by atoms with E-state index in [2.05, 4.69) is 0 Å². The topological polar surface area (TPSA) is 44.0 Å². The van der Waals surface area contributed by atoms with Gasteiger partial charge in [0, 0.05) is 11.5 Å². The van der Waals surface area contributed by atoms with Crippen molar-refractivity contribution >= 4 is 9.66 Å². The minimum absolute atomic E-state index is 0.222. The molecule has 0 saturated carbocycles. The van der Waals surface area contributed by atoms with Gasteiger partial charge in [-0.2, -0.15) is 0 Å². The molecule has 0 aromatic carbocycles. The second-order valence-corrected chi connectivity index (χ2v) is 5.72. The first-order valence-electron chi connectivity index (χ1n) is 2.74. The van der Waals surface area contributed by atoms with E-state index in [1.54, 1.807) is 0 Å². The highest BCUT2D eigenvalue weighted by Gasteiger charge is 2.22. The van der Waals surface area contributed by atoms with Gasteiger partial charge in [-0.15, -0.1) is 0 Å². The van der Waals surface area contributed by atoms with Crippen LogP contribution in [0.1, 0.15) is 6.42 Å². The molecule has 0 radical (unpaired) electrons. The molecule has 2 atom stereocenters. The summed E-state index contributed by atoms with van der Waals surface area (Å²) in [6.07, 6.45) is 2.42. The fraction of sp³-hybridized carbons (Fsp3) is 1.00. The molecule has 0 bridgehead atoms. The van der Waals surface area contributed by atoms with Crippen molar-refractivity contribution in [2.45, 2.75) is 12.5 Å². The molecule has 8 heavy (non-hydrogen) atoms. The van der Waals surface area contributed by atoms with Gasteiger partial charge in [-0.05, 0) is 12.7 Å². The first-order valence-corrected chi connectivity index (χ1v) is 5.08. The van der Waals surface area contributed by atoms with Crippen molar-refractivity contribution in [3.63, 3.8) is 0 Å². The lowest BCUT2D eigenvalue weighted by Crippen LogP contribution is -2.02. The fourth-order valence-electron chi connectivity index (χ4n) is 0.971. The molecule has 0 aromatic heterocycles. The van der Waals surface area contributed by atoms with Crippen molar-refractivity contribution in [3.05, 3.63) is 0 Å². The number of hydrogen-bond acceptors (Lipinski definition) is 2. The van der Waals surface area contributed by atoms with E-state index >= 15 is 0 Å². The lowest BCUT2D eigenvalue weighted by Gasteiger charge is -2.00. The Hall–Kier alpha value is 0.0200. The van der Waals surface area contributed by atoms with E-state index in [-0.39, 0.29) is 6.10 Å². The molecule has 2 nitrogen and oxygen atoms in total. The van der Waals surface area contributed by atoms with E-state index in [0.29, 0.717) is 5.75 Å². The SMILES string of the molecule is CS1(#N)CCC(O)C1. The number of hydrogen-bond donors (Lipinski definition) is 1. The third-order valence-electron chi connectivity index (χ3n) is 1.44. The van der Waals surface area contributed by atoms with Crippen LogP contribution < -0.4 is 0 Å². The maximum absolute atomic E-state index is 9.29. The Morgan fingerprint density at radius 2 is 2.38 bits per heavy atom. The van der Waals surface area contributed by atoms with Crippen LogP contribution in [-0.2, 0) is 0 Å². The van der Waals surface area contributed by atoms with Crippen LogP contribution in [0.4, 0.5) is 0 Å². The summed E-state index contributed by atoms with van der Waals surface area (Å²) in [5.74, 6) is 1.46. The maximum Gasteiger partial charge on any atom is 0.0650 e. The molecule has 1 rings (SSSR count). The fourth-order valence-corrected chi connectivity index (χ4v) is 2.91. The van der Waals surface area contributed by atoms with Gasteiger partial charge in [0.15, 0.2) is 0 Å². The lowest BCUT2D eigenvalue weighted by molar-refractivity contribution is 0.202. The Kier molecular flexibility index (Phi) is 1.35. The highest BCUT2D eigenvalue weighted by Crippen LogP contribution is 2.35. The van der Waals surface area contributed by atoms with Crippen molar-refractivity contribution in [3.8, 4) is 0 Å². The zero-order valence-electron chi connectivity index (χ0n) is 5.00. The molecule has 0 spiro atoms.